The Kier molecular flexibility index (Phi) is 7.66. The van der Waals surface area contributed by atoms with Gasteiger partial charge >= 0.3 is 0 Å². The predicted molar refractivity (Wildman–Crippen MR) is 97.0 cm³/mol. The summed E-state index contributed by atoms with van der Waals surface area (Å²) in [6.07, 6.45) is 0.175. The molecule has 1 aliphatic heterocycles. The minimum absolute atomic E-state index is 0. The molecule has 8 heteroatoms. The van der Waals surface area contributed by atoms with Gasteiger partial charge in [-0.2, -0.15) is 0 Å². The fourth-order valence-electron chi connectivity index (χ4n) is 2.61. The first-order valence-corrected chi connectivity index (χ1v) is 9.36. The minimum atomic E-state index is -3.57. The molecular weight excluding hydrogens is 350 g/mol. The average Bonchev–Trinajstić information content (AvgIpc) is 2.50. The predicted octanol–water partition coefficient (Wildman–Crippen LogP) is 1.21. The minimum Gasteiger partial charge on any atom is -0.337 e. The Morgan fingerprint density at radius 3 is 2.67 bits per heavy atom. The molecule has 1 aromatic rings. The van der Waals surface area contributed by atoms with Gasteiger partial charge in [-0.1, -0.05) is 6.07 Å². The maximum atomic E-state index is 12.3. The second-order valence-corrected chi connectivity index (χ2v) is 7.80. The van der Waals surface area contributed by atoms with Crippen LogP contribution in [0.1, 0.15) is 24.5 Å². The Morgan fingerprint density at radius 2 is 2.04 bits per heavy atom. The van der Waals surface area contributed by atoms with E-state index in [0.29, 0.717) is 6.54 Å². The van der Waals surface area contributed by atoms with Gasteiger partial charge in [0.25, 0.3) is 0 Å². The molecule has 6 nitrogen and oxygen atoms in total. The lowest BCUT2D eigenvalue weighted by molar-refractivity contribution is -0.133. The van der Waals surface area contributed by atoms with Gasteiger partial charge in [0, 0.05) is 38.6 Å². The zero-order valence-corrected chi connectivity index (χ0v) is 16.0. The molecule has 1 saturated heterocycles. The smallest absolute Gasteiger partial charge is 0.240 e. The van der Waals surface area contributed by atoms with Crippen LogP contribution < -0.4 is 10.0 Å². The molecule has 1 aromatic carbocycles. The van der Waals surface area contributed by atoms with Crippen LogP contribution >= 0.6 is 12.4 Å². The number of piperazine rings is 1. The largest absolute Gasteiger partial charge is 0.337 e. The van der Waals surface area contributed by atoms with E-state index in [4.69, 9.17) is 0 Å². The normalized spacial score (nSPS) is 18.1. The Balaban J connectivity index is 0.00000288. The van der Waals surface area contributed by atoms with E-state index in [1.54, 1.807) is 23.1 Å². The maximum Gasteiger partial charge on any atom is 0.240 e. The first-order valence-electron chi connectivity index (χ1n) is 7.88. The van der Waals surface area contributed by atoms with E-state index in [1.165, 1.54) is 0 Å². The zero-order valence-electron chi connectivity index (χ0n) is 14.3. The highest BCUT2D eigenvalue weighted by Gasteiger charge is 2.23. The van der Waals surface area contributed by atoms with Crippen molar-refractivity contribution in [3.8, 4) is 0 Å². The van der Waals surface area contributed by atoms with E-state index in [1.807, 2.05) is 20.8 Å². The van der Waals surface area contributed by atoms with Gasteiger partial charge in [-0.3, -0.25) is 4.79 Å². The molecule has 2 rings (SSSR count). The van der Waals surface area contributed by atoms with E-state index in [2.05, 4.69) is 10.0 Å². The molecule has 1 atom stereocenters. The standard InChI is InChI=1S/C16H25N3O3S.ClH/c1-12-4-5-15(10-13(12)2)23(21,22)18-7-6-16(20)19-9-8-17-11-14(19)3;/h4-5,10,14,17-18H,6-9,11H2,1-3H3;1H/t14-;/m1./s1. The Morgan fingerprint density at radius 1 is 1.33 bits per heavy atom. The Labute approximate surface area is 150 Å². The number of rotatable bonds is 5. The van der Waals surface area contributed by atoms with Crippen molar-refractivity contribution in [2.24, 2.45) is 0 Å². The lowest BCUT2D eigenvalue weighted by atomic mass is 10.1. The monoisotopic (exact) mass is 375 g/mol. The molecule has 0 bridgehead atoms. The third-order valence-corrected chi connectivity index (χ3v) is 5.70. The summed E-state index contributed by atoms with van der Waals surface area (Å²) in [5.41, 5.74) is 1.98. The molecule has 1 fully saturated rings. The second kappa shape index (κ2) is 8.80. The van der Waals surface area contributed by atoms with Crippen LogP contribution in [0.15, 0.2) is 23.1 Å². The quantitative estimate of drug-likeness (QED) is 0.811. The van der Waals surface area contributed by atoms with Crippen LogP contribution in [0.3, 0.4) is 0 Å². The van der Waals surface area contributed by atoms with E-state index in [-0.39, 0.29) is 42.2 Å². The van der Waals surface area contributed by atoms with E-state index in [9.17, 15) is 13.2 Å². The highest BCUT2D eigenvalue weighted by molar-refractivity contribution is 7.89. The SMILES string of the molecule is Cc1ccc(S(=O)(=O)NCCC(=O)N2CCNC[C@H]2C)cc1C.Cl. The number of benzene rings is 1. The Hall–Kier alpha value is -1.15. The number of amides is 1. The van der Waals surface area contributed by atoms with Crippen molar-refractivity contribution in [3.05, 3.63) is 29.3 Å². The lowest BCUT2D eigenvalue weighted by Crippen LogP contribution is -2.52. The van der Waals surface area contributed by atoms with Gasteiger partial charge in [-0.25, -0.2) is 13.1 Å². The molecule has 2 N–H and O–H groups in total. The van der Waals surface area contributed by atoms with Crippen molar-refractivity contribution in [2.75, 3.05) is 26.2 Å². The average molecular weight is 376 g/mol. The van der Waals surface area contributed by atoms with Gasteiger partial charge in [0.15, 0.2) is 0 Å². The van der Waals surface area contributed by atoms with E-state index < -0.39 is 10.0 Å². The number of hydrogen-bond acceptors (Lipinski definition) is 4. The molecule has 0 spiro atoms. The molecule has 0 saturated carbocycles. The summed E-state index contributed by atoms with van der Waals surface area (Å²) in [6.45, 7) is 8.15. The maximum absolute atomic E-state index is 12.3. The molecule has 0 radical (unpaired) electrons. The van der Waals surface area contributed by atoms with Crippen molar-refractivity contribution in [2.45, 2.75) is 38.1 Å². The highest BCUT2D eigenvalue weighted by Crippen LogP contribution is 2.14. The molecule has 0 unspecified atom stereocenters. The summed E-state index contributed by atoms with van der Waals surface area (Å²) in [5.74, 6) is -0.0122. The first-order chi connectivity index (χ1) is 10.8. The van der Waals surface area contributed by atoms with Crippen LogP contribution in [0, 0.1) is 13.8 Å². The van der Waals surface area contributed by atoms with Gasteiger partial charge in [-0.15, -0.1) is 12.4 Å². The van der Waals surface area contributed by atoms with Crippen LogP contribution in [0.2, 0.25) is 0 Å². The number of nitrogens with zero attached hydrogens (tertiary/aromatic N) is 1. The van der Waals surface area contributed by atoms with Crippen LogP contribution in [0.5, 0.6) is 0 Å². The van der Waals surface area contributed by atoms with E-state index >= 15 is 0 Å². The zero-order chi connectivity index (χ0) is 17.0. The molecule has 136 valence electrons. The van der Waals surface area contributed by atoms with Crippen LogP contribution in [0.25, 0.3) is 0 Å². The summed E-state index contributed by atoms with van der Waals surface area (Å²) in [7, 11) is -3.57. The van der Waals surface area contributed by atoms with Gasteiger partial charge in [0.05, 0.1) is 4.90 Å². The Bertz CT molecular complexity index is 679. The van der Waals surface area contributed by atoms with Crippen molar-refractivity contribution in [3.63, 3.8) is 0 Å². The summed E-state index contributed by atoms with van der Waals surface area (Å²) in [6, 6.07) is 5.17. The van der Waals surface area contributed by atoms with Crippen molar-refractivity contribution >= 4 is 28.3 Å². The molecule has 24 heavy (non-hydrogen) atoms. The van der Waals surface area contributed by atoms with Gasteiger partial charge in [0.1, 0.15) is 0 Å². The number of aryl methyl sites for hydroxylation is 2. The number of hydrogen-bond donors (Lipinski definition) is 2. The molecule has 1 heterocycles. The van der Waals surface area contributed by atoms with Crippen LogP contribution in [0.4, 0.5) is 0 Å². The van der Waals surface area contributed by atoms with Crippen molar-refractivity contribution in [1.82, 2.24) is 14.9 Å². The molecular formula is C16H26ClN3O3S. The molecule has 1 amide bonds. The van der Waals surface area contributed by atoms with E-state index in [0.717, 1.165) is 24.2 Å². The van der Waals surface area contributed by atoms with Gasteiger partial charge in [-0.05, 0) is 44.0 Å². The van der Waals surface area contributed by atoms with Gasteiger partial charge < -0.3 is 10.2 Å². The number of nitrogens with one attached hydrogen (secondary N) is 2. The molecule has 0 aliphatic carbocycles. The van der Waals surface area contributed by atoms with Crippen molar-refractivity contribution in [1.29, 1.82) is 0 Å². The van der Waals surface area contributed by atoms with Crippen LogP contribution in [-0.2, 0) is 14.8 Å². The number of carbonyl (C=O) groups is 1. The third kappa shape index (κ3) is 5.17. The topological polar surface area (TPSA) is 78.5 Å². The van der Waals surface area contributed by atoms with Crippen LogP contribution in [-0.4, -0.2) is 51.4 Å². The van der Waals surface area contributed by atoms with Crippen molar-refractivity contribution < 1.29 is 13.2 Å². The second-order valence-electron chi connectivity index (χ2n) is 6.03. The summed E-state index contributed by atoms with van der Waals surface area (Å²) in [4.78, 5) is 14.2. The summed E-state index contributed by atoms with van der Waals surface area (Å²) < 4.78 is 27.1. The number of halogens is 1. The summed E-state index contributed by atoms with van der Waals surface area (Å²) >= 11 is 0. The van der Waals surface area contributed by atoms with Gasteiger partial charge in [0.2, 0.25) is 15.9 Å². The highest BCUT2D eigenvalue weighted by atomic mass is 35.5. The summed E-state index contributed by atoms with van der Waals surface area (Å²) in [5, 5.41) is 3.23. The fourth-order valence-corrected chi connectivity index (χ4v) is 3.73. The lowest BCUT2D eigenvalue weighted by Gasteiger charge is -2.34. The first kappa shape index (κ1) is 20.9. The fraction of sp³-hybridized carbons (Fsp3) is 0.562. The molecule has 0 aromatic heterocycles. The molecule has 1 aliphatic rings. The number of carbonyl (C=O) groups excluding carboxylic acids is 1. The number of sulfonamides is 1. The third-order valence-electron chi connectivity index (χ3n) is 4.24.